The maximum atomic E-state index is 6.04. The number of allylic oxidation sites excluding steroid dienone is 1. The van der Waals surface area contributed by atoms with Crippen molar-refractivity contribution in [2.45, 2.75) is 57.7 Å². The molecule has 0 aromatic carbocycles. The van der Waals surface area contributed by atoms with Gasteiger partial charge in [-0.1, -0.05) is 32.3 Å². The van der Waals surface area contributed by atoms with E-state index in [0.717, 1.165) is 31.3 Å². The first-order valence-electron chi connectivity index (χ1n) is 7.15. The van der Waals surface area contributed by atoms with E-state index in [9.17, 15) is 0 Å². The molecule has 2 aliphatic carbocycles. The Kier molecular flexibility index (Phi) is 4.63. The van der Waals surface area contributed by atoms with Crippen LogP contribution in [0.2, 0.25) is 0 Å². The van der Waals surface area contributed by atoms with Gasteiger partial charge in [0.25, 0.3) is 0 Å². The molecule has 1 unspecified atom stereocenters. The normalized spacial score (nSPS) is 37.5. The lowest BCUT2D eigenvalue weighted by Gasteiger charge is -2.32. The van der Waals surface area contributed by atoms with E-state index < -0.39 is 5.79 Å². The number of ether oxygens (including phenoxy) is 2. The van der Waals surface area contributed by atoms with Crippen molar-refractivity contribution in [3.63, 3.8) is 0 Å². The number of rotatable bonds is 5. The number of hydrogen-bond donors (Lipinski definition) is 0. The van der Waals surface area contributed by atoms with Crippen LogP contribution in [0.3, 0.4) is 0 Å². The lowest BCUT2D eigenvalue weighted by molar-refractivity contribution is -0.195. The van der Waals surface area contributed by atoms with Crippen molar-refractivity contribution in [2.24, 2.45) is 11.8 Å². The van der Waals surface area contributed by atoms with Crippen molar-refractivity contribution in [3.05, 3.63) is 12.2 Å². The Hall–Kier alpha value is -0.340. The predicted octanol–water partition coefficient (Wildman–Crippen LogP) is 3.91. The summed E-state index contributed by atoms with van der Waals surface area (Å²) < 4.78 is 11.6. The molecule has 1 fully saturated rings. The van der Waals surface area contributed by atoms with Gasteiger partial charge in [0.2, 0.25) is 0 Å². The molecule has 0 saturated heterocycles. The summed E-state index contributed by atoms with van der Waals surface area (Å²) in [5, 5.41) is 0. The molecule has 0 aliphatic heterocycles. The van der Waals surface area contributed by atoms with E-state index in [-0.39, 0.29) is 0 Å². The summed E-state index contributed by atoms with van der Waals surface area (Å²) in [5.41, 5.74) is 0. The molecule has 2 aliphatic rings. The molecule has 2 rings (SSSR count). The Morgan fingerprint density at radius 3 is 2.41 bits per heavy atom. The summed E-state index contributed by atoms with van der Waals surface area (Å²) >= 11 is 0. The molecule has 1 saturated carbocycles. The predicted molar refractivity (Wildman–Crippen MR) is 69.8 cm³/mol. The largest absolute Gasteiger partial charge is 0.350 e. The third kappa shape index (κ3) is 3.32. The SMILES string of the molecule is CCC1CCC(COC2(OC)C=CCC2)CC1. The molecule has 2 nitrogen and oxygen atoms in total. The minimum Gasteiger partial charge on any atom is -0.350 e. The van der Waals surface area contributed by atoms with Crippen LogP contribution in [0.1, 0.15) is 51.9 Å². The molecule has 0 radical (unpaired) electrons. The van der Waals surface area contributed by atoms with Crippen LogP contribution in [0.15, 0.2) is 12.2 Å². The maximum Gasteiger partial charge on any atom is 0.187 e. The van der Waals surface area contributed by atoms with Crippen LogP contribution in [-0.4, -0.2) is 19.5 Å². The second-order valence-electron chi connectivity index (χ2n) is 5.56. The molecule has 1 atom stereocenters. The van der Waals surface area contributed by atoms with Gasteiger partial charge in [-0.2, -0.15) is 0 Å². The molecule has 17 heavy (non-hydrogen) atoms. The monoisotopic (exact) mass is 238 g/mol. The van der Waals surface area contributed by atoms with Gasteiger partial charge in [-0.25, -0.2) is 0 Å². The van der Waals surface area contributed by atoms with Crippen molar-refractivity contribution in [1.29, 1.82) is 0 Å². The topological polar surface area (TPSA) is 18.5 Å². The highest BCUT2D eigenvalue weighted by molar-refractivity contribution is 5.04. The zero-order valence-corrected chi connectivity index (χ0v) is 11.3. The van der Waals surface area contributed by atoms with Crippen molar-refractivity contribution in [3.8, 4) is 0 Å². The van der Waals surface area contributed by atoms with Gasteiger partial charge in [-0.15, -0.1) is 0 Å². The van der Waals surface area contributed by atoms with Gasteiger partial charge >= 0.3 is 0 Å². The van der Waals surface area contributed by atoms with E-state index >= 15 is 0 Å². The smallest absolute Gasteiger partial charge is 0.187 e. The molecule has 98 valence electrons. The second kappa shape index (κ2) is 6.01. The summed E-state index contributed by atoms with van der Waals surface area (Å²) in [5.74, 6) is 1.31. The molecular weight excluding hydrogens is 212 g/mol. The zero-order chi connectivity index (χ0) is 12.1. The third-order valence-electron chi connectivity index (χ3n) is 4.48. The fraction of sp³-hybridized carbons (Fsp3) is 0.867. The van der Waals surface area contributed by atoms with E-state index in [1.807, 2.05) is 0 Å². The van der Waals surface area contributed by atoms with Crippen LogP contribution >= 0.6 is 0 Å². The average Bonchev–Trinajstić information content (AvgIpc) is 2.86. The first-order valence-corrected chi connectivity index (χ1v) is 7.15. The maximum absolute atomic E-state index is 6.04. The number of hydrogen-bond acceptors (Lipinski definition) is 2. The van der Waals surface area contributed by atoms with E-state index in [4.69, 9.17) is 9.47 Å². The van der Waals surface area contributed by atoms with Gasteiger partial charge in [-0.3, -0.25) is 0 Å². The van der Waals surface area contributed by atoms with Gasteiger partial charge in [0, 0.05) is 13.5 Å². The fourth-order valence-corrected chi connectivity index (χ4v) is 3.05. The lowest BCUT2D eigenvalue weighted by atomic mass is 9.81. The zero-order valence-electron chi connectivity index (χ0n) is 11.3. The molecule has 0 heterocycles. The Bertz CT molecular complexity index is 254. The van der Waals surface area contributed by atoms with Crippen molar-refractivity contribution >= 4 is 0 Å². The molecule has 2 heteroatoms. The van der Waals surface area contributed by atoms with Crippen LogP contribution < -0.4 is 0 Å². The minimum atomic E-state index is -0.401. The Labute approximate surface area is 105 Å². The Morgan fingerprint density at radius 2 is 1.88 bits per heavy atom. The summed E-state index contributed by atoms with van der Waals surface area (Å²) in [6.45, 7) is 3.18. The van der Waals surface area contributed by atoms with Gasteiger partial charge < -0.3 is 9.47 Å². The highest BCUT2D eigenvalue weighted by Gasteiger charge is 2.32. The van der Waals surface area contributed by atoms with E-state index in [2.05, 4.69) is 19.1 Å². The summed E-state index contributed by atoms with van der Waals surface area (Å²) in [6, 6.07) is 0. The molecular formula is C15H26O2. The quantitative estimate of drug-likeness (QED) is 0.534. The second-order valence-corrected chi connectivity index (χ2v) is 5.56. The fourth-order valence-electron chi connectivity index (χ4n) is 3.05. The first-order chi connectivity index (χ1) is 8.28. The highest BCUT2D eigenvalue weighted by Crippen LogP contribution is 2.33. The highest BCUT2D eigenvalue weighted by atomic mass is 16.7. The van der Waals surface area contributed by atoms with Crippen LogP contribution in [0.25, 0.3) is 0 Å². The van der Waals surface area contributed by atoms with Gasteiger partial charge in [0.1, 0.15) is 0 Å². The molecule has 0 spiro atoms. The van der Waals surface area contributed by atoms with Gasteiger partial charge in [0.05, 0.1) is 6.61 Å². The lowest BCUT2D eigenvalue weighted by Crippen LogP contribution is -2.33. The average molecular weight is 238 g/mol. The third-order valence-corrected chi connectivity index (χ3v) is 4.48. The van der Waals surface area contributed by atoms with Crippen molar-refractivity contribution in [2.75, 3.05) is 13.7 Å². The molecule has 0 N–H and O–H groups in total. The van der Waals surface area contributed by atoms with Crippen molar-refractivity contribution < 1.29 is 9.47 Å². The van der Waals surface area contributed by atoms with E-state index in [0.29, 0.717) is 0 Å². The molecule has 0 bridgehead atoms. The molecule has 0 aromatic rings. The first kappa shape index (κ1) is 13.1. The van der Waals surface area contributed by atoms with Crippen LogP contribution in [-0.2, 0) is 9.47 Å². The van der Waals surface area contributed by atoms with E-state index in [1.165, 1.54) is 32.1 Å². The standard InChI is InChI=1S/C15H26O2/c1-3-13-6-8-14(9-7-13)12-17-15(16-2)10-4-5-11-15/h4,10,13-14H,3,5-9,11-12H2,1-2H3. The van der Waals surface area contributed by atoms with Crippen LogP contribution in [0, 0.1) is 11.8 Å². The summed E-state index contributed by atoms with van der Waals surface area (Å²) in [7, 11) is 1.75. The Morgan fingerprint density at radius 1 is 1.18 bits per heavy atom. The van der Waals surface area contributed by atoms with Crippen LogP contribution in [0.5, 0.6) is 0 Å². The van der Waals surface area contributed by atoms with Gasteiger partial charge in [0.15, 0.2) is 5.79 Å². The van der Waals surface area contributed by atoms with Gasteiger partial charge in [-0.05, 0) is 37.2 Å². The molecule has 0 amide bonds. The summed E-state index contributed by atoms with van der Waals surface area (Å²) in [4.78, 5) is 0. The van der Waals surface area contributed by atoms with E-state index in [1.54, 1.807) is 7.11 Å². The minimum absolute atomic E-state index is 0.401. The van der Waals surface area contributed by atoms with Crippen LogP contribution in [0.4, 0.5) is 0 Å². The van der Waals surface area contributed by atoms with Crippen molar-refractivity contribution in [1.82, 2.24) is 0 Å². The Balaban J connectivity index is 1.73. The summed E-state index contributed by atoms with van der Waals surface area (Å²) in [6.07, 6.45) is 13.1. The molecule has 0 aromatic heterocycles. The number of methoxy groups -OCH3 is 1.